The number of hydrogen-bond acceptors (Lipinski definition) is 2. The van der Waals surface area contributed by atoms with Crippen molar-refractivity contribution in [2.24, 2.45) is 0 Å². The van der Waals surface area contributed by atoms with E-state index in [4.69, 9.17) is 4.74 Å². The SMILES string of the molecule is CCc1ccc(NC(=O)C2=Cc3cc(Br)ccc3OC=C2)cc1. The molecule has 0 aliphatic carbocycles. The molecule has 2 aromatic carbocycles. The van der Waals surface area contributed by atoms with Gasteiger partial charge in [-0.25, -0.2) is 0 Å². The summed E-state index contributed by atoms with van der Waals surface area (Å²) in [6, 6.07) is 13.6. The van der Waals surface area contributed by atoms with Gasteiger partial charge in [-0.2, -0.15) is 0 Å². The molecule has 1 amide bonds. The van der Waals surface area contributed by atoms with Crippen molar-refractivity contribution in [2.75, 3.05) is 5.32 Å². The third kappa shape index (κ3) is 3.71. The third-order valence-electron chi connectivity index (χ3n) is 3.61. The summed E-state index contributed by atoms with van der Waals surface area (Å²) >= 11 is 3.43. The first-order valence-corrected chi connectivity index (χ1v) is 8.20. The number of hydrogen-bond donors (Lipinski definition) is 1. The van der Waals surface area contributed by atoms with Crippen LogP contribution in [0, 0.1) is 0 Å². The number of fused-ring (bicyclic) bond motifs is 1. The quantitative estimate of drug-likeness (QED) is 0.831. The van der Waals surface area contributed by atoms with Gasteiger partial charge in [-0.05, 0) is 54.5 Å². The monoisotopic (exact) mass is 369 g/mol. The molecule has 0 radical (unpaired) electrons. The molecule has 116 valence electrons. The molecule has 0 saturated carbocycles. The Labute approximate surface area is 143 Å². The third-order valence-corrected chi connectivity index (χ3v) is 4.10. The maximum Gasteiger partial charge on any atom is 0.255 e. The Morgan fingerprint density at radius 3 is 2.70 bits per heavy atom. The zero-order valence-electron chi connectivity index (χ0n) is 12.7. The highest BCUT2D eigenvalue weighted by atomic mass is 79.9. The normalized spacial score (nSPS) is 12.7. The van der Waals surface area contributed by atoms with Gasteiger partial charge in [-0.15, -0.1) is 0 Å². The first-order valence-electron chi connectivity index (χ1n) is 7.40. The highest BCUT2D eigenvalue weighted by molar-refractivity contribution is 9.10. The van der Waals surface area contributed by atoms with Crippen molar-refractivity contribution in [3.63, 3.8) is 0 Å². The van der Waals surface area contributed by atoms with Crippen LogP contribution in [0.3, 0.4) is 0 Å². The molecule has 2 aromatic rings. The second-order valence-electron chi connectivity index (χ2n) is 5.21. The van der Waals surface area contributed by atoms with Crippen molar-refractivity contribution in [2.45, 2.75) is 13.3 Å². The molecule has 3 rings (SSSR count). The summed E-state index contributed by atoms with van der Waals surface area (Å²) < 4.78 is 6.47. The molecule has 3 nitrogen and oxygen atoms in total. The summed E-state index contributed by atoms with van der Waals surface area (Å²) in [7, 11) is 0. The first kappa shape index (κ1) is 15.6. The summed E-state index contributed by atoms with van der Waals surface area (Å²) in [4.78, 5) is 12.5. The van der Waals surface area contributed by atoms with Gasteiger partial charge < -0.3 is 10.1 Å². The highest BCUT2D eigenvalue weighted by Gasteiger charge is 2.12. The minimum atomic E-state index is -0.165. The van der Waals surface area contributed by atoms with E-state index in [1.54, 1.807) is 6.08 Å². The highest BCUT2D eigenvalue weighted by Crippen LogP contribution is 2.28. The predicted molar refractivity (Wildman–Crippen MR) is 96.3 cm³/mol. The number of aryl methyl sites for hydroxylation is 1. The topological polar surface area (TPSA) is 38.3 Å². The van der Waals surface area contributed by atoms with Crippen LogP contribution < -0.4 is 10.1 Å². The van der Waals surface area contributed by atoms with Gasteiger partial charge in [0.25, 0.3) is 5.91 Å². The Balaban J connectivity index is 1.83. The molecule has 1 N–H and O–H groups in total. The molecule has 0 aromatic heterocycles. The number of carbonyl (C=O) groups excluding carboxylic acids is 1. The van der Waals surface area contributed by atoms with Gasteiger partial charge in [-0.3, -0.25) is 4.79 Å². The van der Waals surface area contributed by atoms with Crippen LogP contribution in [0.1, 0.15) is 18.1 Å². The van der Waals surface area contributed by atoms with E-state index in [0.717, 1.165) is 27.9 Å². The van der Waals surface area contributed by atoms with E-state index >= 15 is 0 Å². The number of carbonyl (C=O) groups is 1. The predicted octanol–water partition coefficient (Wildman–Crippen LogP) is 4.94. The summed E-state index contributed by atoms with van der Waals surface area (Å²) in [6.45, 7) is 2.10. The van der Waals surface area contributed by atoms with E-state index in [-0.39, 0.29) is 5.91 Å². The maximum atomic E-state index is 12.5. The molecular formula is C19H16BrNO2. The molecule has 0 bridgehead atoms. The average Bonchev–Trinajstić information content (AvgIpc) is 2.77. The van der Waals surface area contributed by atoms with Crippen molar-refractivity contribution in [1.82, 2.24) is 0 Å². The fourth-order valence-electron chi connectivity index (χ4n) is 2.30. The lowest BCUT2D eigenvalue weighted by Crippen LogP contribution is -2.13. The molecule has 1 heterocycles. The van der Waals surface area contributed by atoms with Crippen LogP contribution in [0.15, 0.2) is 64.8 Å². The van der Waals surface area contributed by atoms with Gasteiger partial charge >= 0.3 is 0 Å². The molecule has 1 aliphatic rings. The van der Waals surface area contributed by atoms with Gasteiger partial charge in [0.15, 0.2) is 0 Å². The van der Waals surface area contributed by atoms with Crippen LogP contribution in [0.5, 0.6) is 5.75 Å². The van der Waals surface area contributed by atoms with E-state index < -0.39 is 0 Å². The summed E-state index contributed by atoms with van der Waals surface area (Å²) in [5.74, 6) is 0.557. The van der Waals surface area contributed by atoms with E-state index in [9.17, 15) is 4.79 Å². The largest absolute Gasteiger partial charge is 0.464 e. The Morgan fingerprint density at radius 2 is 1.96 bits per heavy atom. The minimum Gasteiger partial charge on any atom is -0.464 e. The minimum absolute atomic E-state index is 0.165. The van der Waals surface area contributed by atoms with Crippen LogP contribution in [-0.2, 0) is 11.2 Å². The molecule has 0 unspecified atom stereocenters. The van der Waals surface area contributed by atoms with Crippen molar-refractivity contribution in [3.05, 3.63) is 76.0 Å². The Hall–Kier alpha value is -2.33. The maximum absolute atomic E-state index is 12.5. The number of ether oxygens (including phenoxy) is 1. The van der Waals surface area contributed by atoms with Gasteiger partial charge in [-0.1, -0.05) is 35.0 Å². The number of amides is 1. The number of nitrogens with one attached hydrogen (secondary N) is 1. The van der Waals surface area contributed by atoms with Crippen LogP contribution >= 0.6 is 15.9 Å². The van der Waals surface area contributed by atoms with E-state index in [2.05, 4.69) is 28.2 Å². The number of rotatable bonds is 3. The van der Waals surface area contributed by atoms with Crippen molar-refractivity contribution in [3.8, 4) is 5.75 Å². The van der Waals surface area contributed by atoms with Crippen molar-refractivity contribution < 1.29 is 9.53 Å². The molecule has 0 fully saturated rings. The van der Waals surface area contributed by atoms with Crippen molar-refractivity contribution in [1.29, 1.82) is 0 Å². The van der Waals surface area contributed by atoms with Crippen LogP contribution in [0.4, 0.5) is 5.69 Å². The smallest absolute Gasteiger partial charge is 0.255 e. The lowest BCUT2D eigenvalue weighted by molar-refractivity contribution is -0.112. The average molecular weight is 370 g/mol. The zero-order chi connectivity index (χ0) is 16.2. The van der Waals surface area contributed by atoms with Crippen LogP contribution in [0.25, 0.3) is 6.08 Å². The summed E-state index contributed by atoms with van der Waals surface area (Å²) in [5, 5.41) is 2.91. The van der Waals surface area contributed by atoms with Gasteiger partial charge in [0.05, 0.1) is 6.26 Å². The Bertz CT molecular complexity index is 792. The number of halogens is 1. The van der Waals surface area contributed by atoms with Crippen LogP contribution in [0.2, 0.25) is 0 Å². The number of benzene rings is 2. The fraction of sp³-hybridized carbons (Fsp3) is 0.105. The first-order chi connectivity index (χ1) is 11.2. The van der Waals surface area contributed by atoms with Gasteiger partial charge in [0, 0.05) is 21.3 Å². The van der Waals surface area contributed by atoms with E-state index in [1.165, 1.54) is 11.8 Å². The molecule has 23 heavy (non-hydrogen) atoms. The molecule has 4 heteroatoms. The van der Waals surface area contributed by atoms with Gasteiger partial charge in [0.2, 0.25) is 0 Å². The lowest BCUT2D eigenvalue weighted by atomic mass is 10.1. The lowest BCUT2D eigenvalue weighted by Gasteiger charge is -2.06. The summed E-state index contributed by atoms with van der Waals surface area (Å²) in [5.41, 5.74) is 3.42. The molecule has 0 spiro atoms. The van der Waals surface area contributed by atoms with E-state index in [1.807, 2.05) is 48.5 Å². The standard InChI is InChI=1S/C19H16BrNO2/c1-2-13-3-6-17(7-4-13)21-19(22)14-9-10-23-18-8-5-16(20)12-15(18)11-14/h3-12H,2H2,1H3,(H,21,22). The Kier molecular flexibility index (Phi) is 4.63. The summed E-state index contributed by atoms with van der Waals surface area (Å²) in [6.07, 6.45) is 6.00. The second kappa shape index (κ2) is 6.84. The zero-order valence-corrected chi connectivity index (χ0v) is 14.3. The van der Waals surface area contributed by atoms with Crippen LogP contribution in [-0.4, -0.2) is 5.91 Å². The van der Waals surface area contributed by atoms with Crippen molar-refractivity contribution >= 4 is 33.6 Å². The molecule has 0 atom stereocenters. The molecular weight excluding hydrogens is 354 g/mol. The molecule has 0 saturated heterocycles. The molecule has 1 aliphatic heterocycles. The second-order valence-corrected chi connectivity index (χ2v) is 6.12. The van der Waals surface area contributed by atoms with Gasteiger partial charge in [0.1, 0.15) is 5.75 Å². The fourth-order valence-corrected chi connectivity index (χ4v) is 2.68. The van der Waals surface area contributed by atoms with E-state index in [0.29, 0.717) is 5.57 Å². The number of anilines is 1. The Morgan fingerprint density at radius 1 is 1.17 bits per heavy atom.